The van der Waals surface area contributed by atoms with Gasteiger partial charge in [0.05, 0.1) is 12.3 Å². The van der Waals surface area contributed by atoms with Crippen LogP contribution in [0.25, 0.3) is 0 Å². The highest BCUT2D eigenvalue weighted by Gasteiger charge is 2.27. The van der Waals surface area contributed by atoms with Crippen LogP contribution in [0.2, 0.25) is 0 Å². The van der Waals surface area contributed by atoms with E-state index in [9.17, 15) is 13.5 Å². The predicted octanol–water partition coefficient (Wildman–Crippen LogP) is 0.392. The second-order valence-corrected chi connectivity index (χ2v) is 6.50. The van der Waals surface area contributed by atoms with Gasteiger partial charge >= 0.3 is 0 Å². The van der Waals surface area contributed by atoms with Crippen molar-refractivity contribution in [3.05, 3.63) is 12.4 Å². The minimum absolute atomic E-state index is 0.140. The SMILES string of the molecule is Cn1cc(S(=O)(=O)NC2CCCCCC2O)cn1. The summed E-state index contributed by atoms with van der Waals surface area (Å²) in [4.78, 5) is 0.140. The first-order valence-corrected chi connectivity index (χ1v) is 7.66. The number of aromatic nitrogens is 2. The normalized spacial score (nSPS) is 25.9. The molecule has 102 valence electrons. The lowest BCUT2D eigenvalue weighted by Crippen LogP contribution is -2.42. The largest absolute Gasteiger partial charge is 0.391 e. The van der Waals surface area contributed by atoms with E-state index in [0.29, 0.717) is 12.8 Å². The Labute approximate surface area is 107 Å². The van der Waals surface area contributed by atoms with Crippen LogP contribution >= 0.6 is 0 Å². The molecule has 18 heavy (non-hydrogen) atoms. The molecule has 1 aromatic heterocycles. The van der Waals surface area contributed by atoms with Gasteiger partial charge in [-0.15, -0.1) is 0 Å². The molecule has 1 heterocycles. The summed E-state index contributed by atoms with van der Waals surface area (Å²) in [5, 5.41) is 13.8. The fourth-order valence-corrected chi connectivity index (χ4v) is 3.52. The summed E-state index contributed by atoms with van der Waals surface area (Å²) in [5.41, 5.74) is 0. The van der Waals surface area contributed by atoms with Crippen LogP contribution in [0.1, 0.15) is 32.1 Å². The maximum atomic E-state index is 12.1. The summed E-state index contributed by atoms with van der Waals surface area (Å²) in [7, 11) is -1.92. The van der Waals surface area contributed by atoms with Gasteiger partial charge in [-0.05, 0) is 12.8 Å². The van der Waals surface area contributed by atoms with E-state index in [4.69, 9.17) is 0 Å². The molecule has 2 unspecified atom stereocenters. The Kier molecular flexibility index (Phi) is 4.04. The Hall–Kier alpha value is -0.920. The molecule has 1 aliphatic carbocycles. The van der Waals surface area contributed by atoms with Gasteiger partial charge in [0.25, 0.3) is 0 Å². The van der Waals surface area contributed by atoms with E-state index in [2.05, 4.69) is 9.82 Å². The third-order valence-electron chi connectivity index (χ3n) is 3.28. The highest BCUT2D eigenvalue weighted by atomic mass is 32.2. The molecule has 0 saturated heterocycles. The molecule has 2 rings (SSSR count). The Morgan fingerprint density at radius 1 is 1.39 bits per heavy atom. The lowest BCUT2D eigenvalue weighted by atomic mass is 10.1. The van der Waals surface area contributed by atoms with E-state index in [0.717, 1.165) is 19.3 Å². The van der Waals surface area contributed by atoms with E-state index in [1.165, 1.54) is 17.1 Å². The Morgan fingerprint density at radius 3 is 2.78 bits per heavy atom. The molecular formula is C11H19N3O3S. The fourth-order valence-electron chi connectivity index (χ4n) is 2.23. The molecule has 0 amide bonds. The van der Waals surface area contributed by atoms with Gasteiger partial charge in [-0.1, -0.05) is 19.3 Å². The molecule has 0 spiro atoms. The molecule has 6 nitrogen and oxygen atoms in total. The van der Waals surface area contributed by atoms with Crippen molar-refractivity contribution in [3.63, 3.8) is 0 Å². The number of sulfonamides is 1. The molecule has 0 radical (unpaired) electrons. The molecule has 2 atom stereocenters. The summed E-state index contributed by atoms with van der Waals surface area (Å²) >= 11 is 0. The van der Waals surface area contributed by atoms with Gasteiger partial charge in [0.2, 0.25) is 10.0 Å². The fraction of sp³-hybridized carbons (Fsp3) is 0.727. The summed E-state index contributed by atoms with van der Waals surface area (Å²) in [5.74, 6) is 0. The van der Waals surface area contributed by atoms with Crippen LogP contribution in [0.15, 0.2) is 17.3 Å². The number of aliphatic hydroxyl groups is 1. The topological polar surface area (TPSA) is 84.2 Å². The molecule has 7 heteroatoms. The van der Waals surface area contributed by atoms with Crippen LogP contribution in [-0.4, -0.2) is 35.5 Å². The lowest BCUT2D eigenvalue weighted by Gasteiger charge is -2.21. The van der Waals surface area contributed by atoms with Crippen molar-refractivity contribution >= 4 is 10.0 Å². The minimum atomic E-state index is -3.58. The summed E-state index contributed by atoms with van der Waals surface area (Å²) in [6.45, 7) is 0. The van der Waals surface area contributed by atoms with E-state index >= 15 is 0 Å². The van der Waals surface area contributed by atoms with Crippen LogP contribution in [0.3, 0.4) is 0 Å². The number of aryl methyl sites for hydroxylation is 1. The molecule has 2 N–H and O–H groups in total. The van der Waals surface area contributed by atoms with Gasteiger partial charge in [0.1, 0.15) is 4.90 Å². The Bertz CT molecular complexity index is 497. The molecule has 0 aliphatic heterocycles. The summed E-state index contributed by atoms with van der Waals surface area (Å²) in [6, 6.07) is -0.391. The standard InChI is InChI=1S/C11H19N3O3S/c1-14-8-9(7-12-14)18(16,17)13-10-5-3-2-4-6-11(10)15/h7-8,10-11,13,15H,2-6H2,1H3. The van der Waals surface area contributed by atoms with Gasteiger partial charge in [0, 0.05) is 19.3 Å². The number of rotatable bonds is 3. The number of nitrogens with zero attached hydrogens (tertiary/aromatic N) is 2. The van der Waals surface area contributed by atoms with Crippen molar-refractivity contribution in [2.45, 2.75) is 49.1 Å². The first-order chi connectivity index (χ1) is 8.49. The van der Waals surface area contributed by atoms with Crippen molar-refractivity contribution in [1.29, 1.82) is 0 Å². The Balaban J connectivity index is 2.11. The van der Waals surface area contributed by atoms with Gasteiger partial charge in [0.15, 0.2) is 0 Å². The molecule has 0 aromatic carbocycles. The van der Waals surface area contributed by atoms with Crippen LogP contribution in [0, 0.1) is 0 Å². The van der Waals surface area contributed by atoms with Crippen LogP contribution < -0.4 is 4.72 Å². The smallest absolute Gasteiger partial charge is 0.244 e. The molecule has 1 aromatic rings. The van der Waals surface area contributed by atoms with Crippen molar-refractivity contribution < 1.29 is 13.5 Å². The molecule has 1 fully saturated rings. The average Bonchev–Trinajstić information content (AvgIpc) is 2.65. The van der Waals surface area contributed by atoms with Crippen molar-refractivity contribution in [1.82, 2.24) is 14.5 Å². The van der Waals surface area contributed by atoms with Crippen molar-refractivity contribution in [3.8, 4) is 0 Å². The molecule has 0 bridgehead atoms. The second-order valence-electron chi connectivity index (χ2n) is 4.78. The van der Waals surface area contributed by atoms with Crippen LogP contribution in [-0.2, 0) is 17.1 Å². The molecule has 1 saturated carbocycles. The maximum absolute atomic E-state index is 12.1. The number of hydrogen-bond acceptors (Lipinski definition) is 4. The first kappa shape index (κ1) is 13.5. The molecular weight excluding hydrogens is 254 g/mol. The van der Waals surface area contributed by atoms with Gasteiger partial charge in [-0.2, -0.15) is 5.10 Å². The number of hydrogen-bond donors (Lipinski definition) is 2. The van der Waals surface area contributed by atoms with Gasteiger partial charge in [-0.25, -0.2) is 13.1 Å². The molecule has 1 aliphatic rings. The van der Waals surface area contributed by atoms with Crippen LogP contribution in [0.4, 0.5) is 0 Å². The zero-order valence-electron chi connectivity index (χ0n) is 10.4. The van der Waals surface area contributed by atoms with E-state index in [1.807, 2.05) is 0 Å². The third-order valence-corrected chi connectivity index (χ3v) is 4.72. The van der Waals surface area contributed by atoms with Gasteiger partial charge < -0.3 is 5.11 Å². The van der Waals surface area contributed by atoms with Crippen molar-refractivity contribution in [2.75, 3.05) is 0 Å². The number of aliphatic hydroxyl groups excluding tert-OH is 1. The summed E-state index contributed by atoms with van der Waals surface area (Å²) in [6.07, 6.45) is 6.43. The van der Waals surface area contributed by atoms with Gasteiger partial charge in [-0.3, -0.25) is 4.68 Å². The zero-order valence-corrected chi connectivity index (χ0v) is 11.2. The highest BCUT2D eigenvalue weighted by Crippen LogP contribution is 2.20. The zero-order chi connectivity index (χ0) is 13.2. The maximum Gasteiger partial charge on any atom is 0.244 e. The average molecular weight is 273 g/mol. The Morgan fingerprint density at radius 2 is 2.11 bits per heavy atom. The lowest BCUT2D eigenvalue weighted by molar-refractivity contribution is 0.130. The van der Waals surface area contributed by atoms with E-state index in [1.54, 1.807) is 7.05 Å². The van der Waals surface area contributed by atoms with Crippen LogP contribution in [0.5, 0.6) is 0 Å². The summed E-state index contributed by atoms with van der Waals surface area (Å²) < 4.78 is 28.2. The predicted molar refractivity (Wildman–Crippen MR) is 66.4 cm³/mol. The van der Waals surface area contributed by atoms with E-state index in [-0.39, 0.29) is 4.90 Å². The number of nitrogens with one attached hydrogen (secondary N) is 1. The van der Waals surface area contributed by atoms with E-state index < -0.39 is 22.2 Å². The minimum Gasteiger partial charge on any atom is -0.391 e. The van der Waals surface area contributed by atoms with Crippen molar-refractivity contribution in [2.24, 2.45) is 7.05 Å². The third kappa shape index (κ3) is 3.09. The highest BCUT2D eigenvalue weighted by molar-refractivity contribution is 7.89. The second kappa shape index (κ2) is 5.38. The first-order valence-electron chi connectivity index (χ1n) is 6.18. The quantitative estimate of drug-likeness (QED) is 0.780. The monoisotopic (exact) mass is 273 g/mol.